The molecule has 0 amide bonds. The van der Waals surface area contributed by atoms with Gasteiger partial charge in [-0.1, -0.05) is 30.3 Å². The third-order valence-corrected chi connectivity index (χ3v) is 1.78. The van der Waals surface area contributed by atoms with Crippen LogP contribution in [0.5, 0.6) is 0 Å². The second-order valence-corrected chi connectivity index (χ2v) is 2.91. The van der Waals surface area contributed by atoms with Crippen molar-refractivity contribution in [3.05, 3.63) is 47.7 Å². The number of rotatable bonds is 3. The van der Waals surface area contributed by atoms with E-state index in [1.807, 2.05) is 30.3 Å². The molecule has 0 aromatic heterocycles. The fourth-order valence-corrected chi connectivity index (χ4v) is 0.905. The summed E-state index contributed by atoms with van der Waals surface area (Å²) in [6.45, 7) is 1.90. The van der Waals surface area contributed by atoms with E-state index in [1.54, 1.807) is 6.92 Å². The second kappa shape index (κ2) is 5.07. The van der Waals surface area contributed by atoms with Gasteiger partial charge in [0.25, 0.3) is 0 Å². The summed E-state index contributed by atoms with van der Waals surface area (Å²) < 4.78 is 4.99. The van der Waals surface area contributed by atoms with E-state index in [2.05, 4.69) is 0 Å². The molecule has 74 valence electrons. The average molecular weight is 191 g/mol. The SMILES string of the molecule is CC(=CN)C(=O)OCc1ccccc1. The predicted octanol–water partition coefficient (Wildman–Crippen LogP) is 1.59. The zero-order valence-electron chi connectivity index (χ0n) is 8.07. The van der Waals surface area contributed by atoms with E-state index in [0.29, 0.717) is 5.57 Å². The number of ether oxygens (including phenoxy) is 1. The van der Waals surface area contributed by atoms with Crippen LogP contribution in [-0.2, 0) is 16.1 Å². The van der Waals surface area contributed by atoms with Gasteiger partial charge < -0.3 is 10.5 Å². The molecule has 0 heterocycles. The highest BCUT2D eigenvalue weighted by Gasteiger charge is 2.04. The predicted molar refractivity (Wildman–Crippen MR) is 54.2 cm³/mol. The van der Waals surface area contributed by atoms with Crippen molar-refractivity contribution in [2.75, 3.05) is 0 Å². The summed E-state index contributed by atoms with van der Waals surface area (Å²) in [7, 11) is 0. The van der Waals surface area contributed by atoms with Crippen LogP contribution in [0.15, 0.2) is 42.1 Å². The van der Waals surface area contributed by atoms with E-state index in [-0.39, 0.29) is 12.6 Å². The first-order chi connectivity index (χ1) is 6.74. The second-order valence-electron chi connectivity index (χ2n) is 2.91. The van der Waals surface area contributed by atoms with Gasteiger partial charge in [0.05, 0.1) is 0 Å². The summed E-state index contributed by atoms with van der Waals surface area (Å²) in [4.78, 5) is 11.2. The van der Waals surface area contributed by atoms with E-state index in [9.17, 15) is 4.79 Å². The Hall–Kier alpha value is -1.77. The van der Waals surface area contributed by atoms with Gasteiger partial charge in [-0.15, -0.1) is 0 Å². The fourth-order valence-electron chi connectivity index (χ4n) is 0.905. The monoisotopic (exact) mass is 191 g/mol. The lowest BCUT2D eigenvalue weighted by molar-refractivity contribution is -0.140. The Morgan fingerprint density at radius 2 is 2.07 bits per heavy atom. The van der Waals surface area contributed by atoms with Gasteiger partial charge in [-0.2, -0.15) is 0 Å². The lowest BCUT2D eigenvalue weighted by Crippen LogP contribution is -2.07. The summed E-state index contributed by atoms with van der Waals surface area (Å²) in [5.41, 5.74) is 6.56. The maximum Gasteiger partial charge on any atom is 0.335 e. The summed E-state index contributed by atoms with van der Waals surface area (Å²) in [5, 5.41) is 0. The smallest absolute Gasteiger partial charge is 0.335 e. The van der Waals surface area contributed by atoms with Crippen molar-refractivity contribution >= 4 is 5.97 Å². The van der Waals surface area contributed by atoms with Crippen molar-refractivity contribution in [3.8, 4) is 0 Å². The van der Waals surface area contributed by atoms with Gasteiger partial charge in [-0.05, 0) is 12.5 Å². The summed E-state index contributed by atoms with van der Waals surface area (Å²) in [6, 6.07) is 9.50. The molecule has 14 heavy (non-hydrogen) atoms. The van der Waals surface area contributed by atoms with Gasteiger partial charge in [0.1, 0.15) is 6.61 Å². The minimum absolute atomic E-state index is 0.283. The van der Waals surface area contributed by atoms with E-state index < -0.39 is 0 Å². The van der Waals surface area contributed by atoms with Crippen molar-refractivity contribution in [2.24, 2.45) is 5.73 Å². The first-order valence-electron chi connectivity index (χ1n) is 4.33. The molecule has 3 nitrogen and oxygen atoms in total. The third kappa shape index (κ3) is 2.94. The fraction of sp³-hybridized carbons (Fsp3) is 0.182. The zero-order valence-corrected chi connectivity index (χ0v) is 8.07. The van der Waals surface area contributed by atoms with Crippen LogP contribution in [0.25, 0.3) is 0 Å². The Bertz CT molecular complexity index is 330. The molecule has 0 atom stereocenters. The molecule has 0 spiro atoms. The minimum atomic E-state index is -0.378. The van der Waals surface area contributed by atoms with Crippen LogP contribution in [0.2, 0.25) is 0 Å². The van der Waals surface area contributed by atoms with E-state index in [4.69, 9.17) is 10.5 Å². The van der Waals surface area contributed by atoms with Gasteiger partial charge in [0.15, 0.2) is 0 Å². The molecule has 0 radical (unpaired) electrons. The Labute approximate surface area is 83.2 Å². The summed E-state index contributed by atoms with van der Waals surface area (Å²) in [6.07, 6.45) is 1.24. The molecule has 1 aromatic rings. The molecule has 0 bridgehead atoms. The van der Waals surface area contributed by atoms with Crippen LogP contribution in [0.1, 0.15) is 12.5 Å². The Morgan fingerprint density at radius 1 is 1.43 bits per heavy atom. The molecule has 1 rings (SSSR count). The van der Waals surface area contributed by atoms with Gasteiger partial charge in [-0.25, -0.2) is 4.79 Å². The largest absolute Gasteiger partial charge is 0.457 e. The molecular weight excluding hydrogens is 178 g/mol. The molecule has 0 aliphatic rings. The van der Waals surface area contributed by atoms with E-state index in [0.717, 1.165) is 5.56 Å². The van der Waals surface area contributed by atoms with Gasteiger partial charge in [0, 0.05) is 11.8 Å². The quantitative estimate of drug-likeness (QED) is 0.583. The topological polar surface area (TPSA) is 52.3 Å². The van der Waals surface area contributed by atoms with Crippen LogP contribution < -0.4 is 5.73 Å². The summed E-state index contributed by atoms with van der Waals surface area (Å²) >= 11 is 0. The van der Waals surface area contributed by atoms with Crippen molar-refractivity contribution in [1.29, 1.82) is 0 Å². The molecule has 1 aromatic carbocycles. The maximum atomic E-state index is 11.2. The first kappa shape index (κ1) is 10.3. The lowest BCUT2D eigenvalue weighted by atomic mass is 10.2. The van der Waals surface area contributed by atoms with Crippen LogP contribution in [0.4, 0.5) is 0 Å². The molecule has 2 N–H and O–H groups in total. The van der Waals surface area contributed by atoms with E-state index in [1.165, 1.54) is 6.20 Å². The third-order valence-electron chi connectivity index (χ3n) is 1.78. The van der Waals surface area contributed by atoms with Crippen molar-refractivity contribution in [2.45, 2.75) is 13.5 Å². The first-order valence-corrected chi connectivity index (χ1v) is 4.33. The standard InChI is InChI=1S/C11H13NO2/c1-9(7-12)11(13)14-8-10-5-3-2-4-6-10/h2-7H,8,12H2,1H3. The van der Waals surface area contributed by atoms with Gasteiger partial charge in [0.2, 0.25) is 0 Å². The van der Waals surface area contributed by atoms with Gasteiger partial charge in [-0.3, -0.25) is 0 Å². The van der Waals surface area contributed by atoms with Crippen LogP contribution in [-0.4, -0.2) is 5.97 Å². The molecule has 0 saturated carbocycles. The highest BCUT2D eigenvalue weighted by Crippen LogP contribution is 2.03. The number of hydrogen-bond acceptors (Lipinski definition) is 3. The average Bonchev–Trinajstić information content (AvgIpc) is 2.26. The van der Waals surface area contributed by atoms with E-state index >= 15 is 0 Å². The van der Waals surface area contributed by atoms with Crippen LogP contribution >= 0.6 is 0 Å². The number of benzene rings is 1. The normalized spacial score (nSPS) is 11.1. The molecule has 0 aliphatic carbocycles. The molecule has 3 heteroatoms. The van der Waals surface area contributed by atoms with Crippen LogP contribution in [0.3, 0.4) is 0 Å². The number of carbonyl (C=O) groups excluding carboxylic acids is 1. The zero-order chi connectivity index (χ0) is 10.4. The Morgan fingerprint density at radius 3 is 2.64 bits per heavy atom. The maximum absolute atomic E-state index is 11.2. The van der Waals surface area contributed by atoms with Gasteiger partial charge >= 0.3 is 5.97 Å². The van der Waals surface area contributed by atoms with Crippen molar-refractivity contribution < 1.29 is 9.53 Å². The molecule has 0 saturated heterocycles. The number of hydrogen-bond donors (Lipinski definition) is 1. The Balaban J connectivity index is 2.46. The molecule has 0 fully saturated rings. The van der Waals surface area contributed by atoms with Crippen molar-refractivity contribution in [3.63, 3.8) is 0 Å². The molecule has 0 aliphatic heterocycles. The minimum Gasteiger partial charge on any atom is -0.457 e. The highest BCUT2D eigenvalue weighted by atomic mass is 16.5. The Kier molecular flexibility index (Phi) is 3.73. The number of carbonyl (C=O) groups is 1. The molecule has 0 unspecified atom stereocenters. The highest BCUT2D eigenvalue weighted by molar-refractivity contribution is 5.87. The number of esters is 1. The molecular formula is C11H13NO2. The van der Waals surface area contributed by atoms with Crippen molar-refractivity contribution in [1.82, 2.24) is 0 Å². The van der Waals surface area contributed by atoms with Crippen LogP contribution in [0, 0.1) is 0 Å². The summed E-state index contributed by atoms with van der Waals surface area (Å²) in [5.74, 6) is -0.378. The number of nitrogens with two attached hydrogens (primary N) is 1. The lowest BCUT2D eigenvalue weighted by Gasteiger charge is -2.03.